The van der Waals surface area contributed by atoms with Gasteiger partial charge in [-0.25, -0.2) is 15.3 Å². The summed E-state index contributed by atoms with van der Waals surface area (Å²) in [5, 5.41) is 8.97. The standard InChI is InChI=1S/C22H26ClN7O3/c1-29-20(26-27-28-29)25-21(31)30-9-7-22(8-10-30)12-16(14-32-22)15-3-2-4-18(11-15)33-19-6-5-17(23)13-24-19/h2-6,11,13,16,27-28H,7-10,12,14H2,1H3,(H,25,26,31). The minimum atomic E-state index is -0.194. The number of nitrogens with zero attached hydrogens (tertiary/aromatic N) is 4. The first-order valence-corrected chi connectivity index (χ1v) is 11.3. The molecule has 11 heteroatoms. The van der Waals surface area contributed by atoms with Crippen molar-refractivity contribution in [2.75, 3.05) is 26.7 Å². The Morgan fingerprint density at radius 3 is 2.88 bits per heavy atom. The Bertz CT molecular complexity index is 1040. The topological polar surface area (TPSA) is 103 Å². The van der Waals surface area contributed by atoms with Crippen LogP contribution in [0.1, 0.15) is 30.7 Å². The lowest BCUT2D eigenvalue weighted by atomic mass is 9.83. The van der Waals surface area contributed by atoms with Crippen molar-refractivity contribution in [2.24, 2.45) is 5.10 Å². The van der Waals surface area contributed by atoms with Crippen molar-refractivity contribution in [3.8, 4) is 11.6 Å². The summed E-state index contributed by atoms with van der Waals surface area (Å²) in [6.45, 7) is 1.94. The molecule has 2 amide bonds. The maximum Gasteiger partial charge on any atom is 0.324 e. The van der Waals surface area contributed by atoms with Gasteiger partial charge in [0, 0.05) is 38.3 Å². The lowest BCUT2D eigenvalue weighted by molar-refractivity contribution is -0.0360. The van der Waals surface area contributed by atoms with Gasteiger partial charge in [-0.2, -0.15) is 0 Å². The molecule has 0 radical (unpaired) electrons. The van der Waals surface area contributed by atoms with Crippen molar-refractivity contribution in [1.29, 1.82) is 0 Å². The molecular weight excluding hydrogens is 446 g/mol. The summed E-state index contributed by atoms with van der Waals surface area (Å²) in [7, 11) is 1.77. The molecule has 1 aromatic carbocycles. The summed E-state index contributed by atoms with van der Waals surface area (Å²) >= 11 is 5.90. The molecule has 3 aliphatic heterocycles. The molecule has 2 fully saturated rings. The molecule has 5 rings (SSSR count). The van der Waals surface area contributed by atoms with Crippen molar-refractivity contribution in [3.63, 3.8) is 0 Å². The largest absolute Gasteiger partial charge is 0.439 e. The third-order valence-electron chi connectivity index (χ3n) is 6.34. The molecule has 3 aliphatic rings. The van der Waals surface area contributed by atoms with Crippen LogP contribution in [0.15, 0.2) is 47.7 Å². The number of urea groups is 1. The highest BCUT2D eigenvalue weighted by Gasteiger charge is 2.44. The van der Waals surface area contributed by atoms with E-state index in [0.29, 0.717) is 36.6 Å². The van der Waals surface area contributed by atoms with E-state index in [4.69, 9.17) is 21.1 Å². The highest BCUT2D eigenvalue weighted by molar-refractivity contribution is 6.30. The summed E-state index contributed by atoms with van der Waals surface area (Å²) in [4.78, 5) is 18.6. The van der Waals surface area contributed by atoms with Crippen molar-refractivity contribution in [2.45, 2.75) is 30.8 Å². The minimum absolute atomic E-state index is 0.156. The van der Waals surface area contributed by atoms with E-state index in [0.717, 1.165) is 25.0 Å². The molecule has 1 atom stereocenters. The Morgan fingerprint density at radius 2 is 2.15 bits per heavy atom. The third kappa shape index (κ3) is 4.82. The quantitative estimate of drug-likeness (QED) is 0.632. The molecule has 10 nitrogen and oxygen atoms in total. The number of carbonyl (C=O) groups excluding carboxylic acids is 1. The van der Waals surface area contributed by atoms with Gasteiger partial charge in [0.2, 0.25) is 11.8 Å². The number of rotatable bonds is 3. The maximum atomic E-state index is 12.6. The van der Waals surface area contributed by atoms with Crippen LogP contribution in [-0.4, -0.2) is 59.2 Å². The first-order chi connectivity index (χ1) is 16.0. The van der Waals surface area contributed by atoms with Crippen molar-refractivity contribution in [3.05, 3.63) is 53.2 Å². The fourth-order valence-corrected chi connectivity index (χ4v) is 4.58. The molecule has 2 aromatic rings. The molecular formula is C22H26ClN7O3. The van der Waals surface area contributed by atoms with Crippen molar-refractivity contribution in [1.82, 2.24) is 31.3 Å². The molecule has 33 heavy (non-hydrogen) atoms. The second kappa shape index (κ2) is 9.05. The average Bonchev–Trinajstić information content (AvgIpc) is 3.42. The van der Waals surface area contributed by atoms with Gasteiger partial charge in [-0.05, 0) is 43.0 Å². The predicted molar refractivity (Wildman–Crippen MR) is 123 cm³/mol. The number of ether oxygens (including phenoxy) is 2. The molecule has 0 aliphatic carbocycles. The predicted octanol–water partition coefficient (Wildman–Crippen LogP) is 2.80. The fourth-order valence-electron chi connectivity index (χ4n) is 4.47. The van der Waals surface area contributed by atoms with Gasteiger partial charge in [0.25, 0.3) is 0 Å². The molecule has 0 bridgehead atoms. The number of hydrogen-bond donors (Lipinski definition) is 3. The highest BCUT2D eigenvalue weighted by atomic mass is 35.5. The Morgan fingerprint density at radius 1 is 1.30 bits per heavy atom. The number of likely N-dealkylation sites (tertiary alicyclic amines) is 1. The second-order valence-electron chi connectivity index (χ2n) is 8.52. The number of guanidine groups is 1. The van der Waals surface area contributed by atoms with Crippen LogP contribution < -0.4 is 21.1 Å². The molecule has 4 heterocycles. The van der Waals surface area contributed by atoms with E-state index >= 15 is 0 Å². The maximum absolute atomic E-state index is 12.6. The molecule has 2 saturated heterocycles. The number of aromatic nitrogens is 1. The van der Waals surface area contributed by atoms with Gasteiger partial charge in [0.15, 0.2) is 0 Å². The molecule has 1 unspecified atom stereocenters. The van der Waals surface area contributed by atoms with Crippen LogP contribution in [0.3, 0.4) is 0 Å². The van der Waals surface area contributed by atoms with Crippen LogP contribution in [0.2, 0.25) is 5.02 Å². The molecule has 174 valence electrons. The number of hydrazone groups is 1. The minimum Gasteiger partial charge on any atom is -0.439 e. The Kier molecular flexibility index (Phi) is 5.96. The number of halogens is 1. The highest BCUT2D eigenvalue weighted by Crippen LogP contribution is 2.43. The number of benzene rings is 1. The van der Waals surface area contributed by atoms with E-state index in [-0.39, 0.29) is 17.6 Å². The second-order valence-corrected chi connectivity index (χ2v) is 8.96. The molecule has 3 N–H and O–H groups in total. The zero-order valence-electron chi connectivity index (χ0n) is 18.3. The number of amides is 2. The van der Waals surface area contributed by atoms with Crippen molar-refractivity contribution >= 4 is 23.6 Å². The lowest BCUT2D eigenvalue weighted by Crippen LogP contribution is -2.53. The van der Waals surface area contributed by atoms with Gasteiger partial charge in [-0.3, -0.25) is 10.3 Å². The van der Waals surface area contributed by atoms with Gasteiger partial charge in [-0.1, -0.05) is 23.7 Å². The summed E-state index contributed by atoms with van der Waals surface area (Å²) in [6.07, 6.45) is 4.10. The normalized spacial score (nSPS) is 21.6. The zero-order valence-corrected chi connectivity index (χ0v) is 19.0. The number of hydrazine groups is 2. The number of nitrogens with one attached hydrogen (secondary N) is 3. The van der Waals surface area contributed by atoms with E-state index in [1.54, 1.807) is 30.4 Å². The lowest BCUT2D eigenvalue weighted by Gasteiger charge is -2.38. The van der Waals surface area contributed by atoms with E-state index in [1.807, 2.05) is 23.1 Å². The Balaban J connectivity index is 1.17. The van der Waals surface area contributed by atoms with Crippen LogP contribution in [0, 0.1) is 0 Å². The summed E-state index contributed by atoms with van der Waals surface area (Å²) in [5.74, 6) is 1.96. The molecule has 1 aromatic heterocycles. The fraction of sp³-hybridized carbons (Fsp3) is 0.409. The van der Waals surface area contributed by atoms with Gasteiger partial charge in [0.1, 0.15) is 5.75 Å². The molecule has 0 saturated carbocycles. The summed E-state index contributed by atoms with van der Waals surface area (Å²) in [5.41, 5.74) is 6.36. The van der Waals surface area contributed by atoms with Crippen LogP contribution in [0.25, 0.3) is 0 Å². The van der Waals surface area contributed by atoms with Gasteiger partial charge >= 0.3 is 6.03 Å². The van der Waals surface area contributed by atoms with E-state index in [9.17, 15) is 4.79 Å². The summed E-state index contributed by atoms with van der Waals surface area (Å²) < 4.78 is 12.2. The van der Waals surface area contributed by atoms with Crippen LogP contribution in [0.5, 0.6) is 11.6 Å². The monoisotopic (exact) mass is 471 g/mol. The van der Waals surface area contributed by atoms with E-state index in [1.165, 1.54) is 5.56 Å². The average molecular weight is 472 g/mol. The zero-order chi connectivity index (χ0) is 22.8. The smallest absolute Gasteiger partial charge is 0.324 e. The van der Waals surface area contributed by atoms with Crippen molar-refractivity contribution < 1.29 is 14.3 Å². The van der Waals surface area contributed by atoms with Gasteiger partial charge in [-0.15, -0.1) is 10.6 Å². The molecule has 1 spiro atoms. The third-order valence-corrected chi connectivity index (χ3v) is 6.56. The Hall–Kier alpha value is -3.08. The van der Waals surface area contributed by atoms with Gasteiger partial charge in [0.05, 0.1) is 17.2 Å². The van der Waals surface area contributed by atoms with Crippen LogP contribution in [0.4, 0.5) is 4.79 Å². The summed E-state index contributed by atoms with van der Waals surface area (Å²) in [6, 6.07) is 11.4. The number of carbonyl (C=O) groups is 1. The van der Waals surface area contributed by atoms with Gasteiger partial charge < -0.3 is 14.4 Å². The number of piperidine rings is 1. The Labute approximate surface area is 196 Å². The first kappa shape index (κ1) is 21.7. The van der Waals surface area contributed by atoms with E-state index < -0.39 is 0 Å². The van der Waals surface area contributed by atoms with Crippen LogP contribution >= 0.6 is 11.6 Å². The number of pyridine rings is 1. The number of hydrogen-bond acceptors (Lipinski definition) is 8. The van der Waals surface area contributed by atoms with E-state index in [2.05, 4.69) is 32.5 Å². The first-order valence-electron chi connectivity index (χ1n) is 10.9. The SMILES string of the molecule is CN1NNN=C1NC(=O)N1CCC2(CC1)CC(c1cccc(Oc3ccc(Cl)cn3)c1)CO2. The van der Waals surface area contributed by atoms with Crippen LogP contribution in [-0.2, 0) is 4.74 Å².